The van der Waals surface area contributed by atoms with E-state index in [9.17, 15) is 0 Å². The van der Waals surface area contributed by atoms with E-state index in [1.165, 1.54) is 56.3 Å². The first-order valence-electron chi connectivity index (χ1n) is 8.24. The first-order chi connectivity index (χ1) is 9.69. The zero-order chi connectivity index (χ0) is 14.0. The number of hydrogen-bond acceptors (Lipinski definition) is 2. The molecule has 3 rings (SSSR count). The van der Waals surface area contributed by atoms with Crippen LogP contribution < -0.4 is 5.32 Å². The van der Waals surface area contributed by atoms with Crippen molar-refractivity contribution in [1.29, 1.82) is 0 Å². The molecule has 2 aliphatic rings. The fourth-order valence-corrected chi connectivity index (χ4v) is 3.94. The Morgan fingerprint density at radius 1 is 1.10 bits per heavy atom. The topological polar surface area (TPSA) is 15.3 Å². The number of nitrogens with zero attached hydrogens (tertiary/aromatic N) is 1. The summed E-state index contributed by atoms with van der Waals surface area (Å²) >= 11 is 0. The van der Waals surface area contributed by atoms with Gasteiger partial charge < -0.3 is 5.32 Å². The Kier molecular flexibility index (Phi) is 4.13. The minimum Gasteiger partial charge on any atom is -0.309 e. The Hall–Kier alpha value is -0.860. The van der Waals surface area contributed by atoms with Crippen LogP contribution in [-0.2, 0) is 0 Å². The van der Waals surface area contributed by atoms with Gasteiger partial charge in [0.05, 0.1) is 0 Å². The summed E-state index contributed by atoms with van der Waals surface area (Å²) in [5, 5.41) is 3.84. The number of aryl methyl sites for hydroxylation is 1. The minimum absolute atomic E-state index is 0.412. The molecule has 2 heteroatoms. The summed E-state index contributed by atoms with van der Waals surface area (Å²) in [6.45, 7) is 8.08. The third-order valence-corrected chi connectivity index (χ3v) is 5.32. The molecule has 2 nitrogen and oxygen atoms in total. The van der Waals surface area contributed by atoms with Gasteiger partial charge in [-0.3, -0.25) is 4.90 Å². The number of rotatable bonds is 2. The van der Waals surface area contributed by atoms with Crippen LogP contribution in [0.4, 0.5) is 0 Å². The highest BCUT2D eigenvalue weighted by molar-refractivity contribution is 5.24. The van der Waals surface area contributed by atoms with Crippen LogP contribution >= 0.6 is 0 Å². The van der Waals surface area contributed by atoms with E-state index in [2.05, 4.69) is 48.3 Å². The maximum atomic E-state index is 3.84. The molecule has 2 fully saturated rings. The second-order valence-corrected chi connectivity index (χ2v) is 6.82. The predicted molar refractivity (Wildman–Crippen MR) is 85.0 cm³/mol. The molecule has 1 aromatic rings. The van der Waals surface area contributed by atoms with Crippen molar-refractivity contribution < 1.29 is 0 Å². The van der Waals surface area contributed by atoms with E-state index in [-0.39, 0.29) is 0 Å². The molecule has 0 aromatic heterocycles. The molecule has 1 heterocycles. The third-order valence-electron chi connectivity index (χ3n) is 5.32. The van der Waals surface area contributed by atoms with Crippen molar-refractivity contribution in [3.8, 4) is 0 Å². The Balaban J connectivity index is 1.71. The summed E-state index contributed by atoms with van der Waals surface area (Å²) in [4.78, 5) is 2.69. The second-order valence-electron chi connectivity index (χ2n) is 6.82. The Morgan fingerprint density at radius 2 is 1.80 bits per heavy atom. The highest BCUT2D eigenvalue weighted by atomic mass is 15.2. The lowest BCUT2D eigenvalue weighted by molar-refractivity contribution is 0.0730. The Labute approximate surface area is 123 Å². The van der Waals surface area contributed by atoms with E-state index in [0.29, 0.717) is 11.6 Å². The van der Waals surface area contributed by atoms with Crippen molar-refractivity contribution >= 4 is 0 Å². The maximum Gasteiger partial charge on any atom is 0.0321 e. The quantitative estimate of drug-likeness (QED) is 0.884. The maximum absolute atomic E-state index is 3.84. The van der Waals surface area contributed by atoms with E-state index in [1.54, 1.807) is 0 Å². The van der Waals surface area contributed by atoms with Gasteiger partial charge >= 0.3 is 0 Å². The summed E-state index contributed by atoms with van der Waals surface area (Å²) in [7, 11) is 0. The minimum atomic E-state index is 0.412. The van der Waals surface area contributed by atoms with Crippen molar-refractivity contribution in [2.24, 2.45) is 0 Å². The summed E-state index contributed by atoms with van der Waals surface area (Å²) in [6.07, 6.45) is 6.96. The summed E-state index contributed by atoms with van der Waals surface area (Å²) in [5.74, 6) is 0. The van der Waals surface area contributed by atoms with Crippen molar-refractivity contribution in [3.05, 3.63) is 35.4 Å². The number of piperazine rings is 1. The molecule has 0 amide bonds. The largest absolute Gasteiger partial charge is 0.309 e. The fourth-order valence-electron chi connectivity index (χ4n) is 3.94. The van der Waals surface area contributed by atoms with Crippen LogP contribution in [0.15, 0.2) is 24.3 Å². The van der Waals surface area contributed by atoms with Crippen LogP contribution in [0.25, 0.3) is 0 Å². The van der Waals surface area contributed by atoms with Gasteiger partial charge in [-0.25, -0.2) is 0 Å². The van der Waals surface area contributed by atoms with Crippen molar-refractivity contribution in [1.82, 2.24) is 10.2 Å². The molecular formula is C18H28N2. The zero-order valence-corrected chi connectivity index (χ0v) is 13.0. The molecule has 1 aromatic carbocycles. The molecule has 1 atom stereocenters. The van der Waals surface area contributed by atoms with Gasteiger partial charge in [-0.05, 0) is 32.3 Å². The van der Waals surface area contributed by atoms with Crippen molar-refractivity contribution in [2.45, 2.75) is 57.5 Å². The molecule has 1 saturated carbocycles. The molecule has 1 unspecified atom stereocenters. The highest BCUT2D eigenvalue weighted by Gasteiger charge is 2.37. The molecule has 1 saturated heterocycles. The monoisotopic (exact) mass is 272 g/mol. The van der Waals surface area contributed by atoms with Crippen LogP contribution in [-0.4, -0.2) is 30.1 Å². The molecule has 0 radical (unpaired) electrons. The fraction of sp³-hybridized carbons (Fsp3) is 0.667. The third kappa shape index (κ3) is 2.91. The first-order valence-corrected chi connectivity index (χ1v) is 8.24. The molecule has 20 heavy (non-hydrogen) atoms. The predicted octanol–water partition coefficient (Wildman–Crippen LogP) is 3.66. The van der Waals surface area contributed by atoms with E-state index in [4.69, 9.17) is 0 Å². The normalized spacial score (nSPS) is 24.7. The zero-order valence-electron chi connectivity index (χ0n) is 13.0. The van der Waals surface area contributed by atoms with Crippen molar-refractivity contribution in [3.63, 3.8) is 0 Å². The van der Waals surface area contributed by atoms with Gasteiger partial charge in [-0.1, -0.05) is 49.1 Å². The van der Waals surface area contributed by atoms with E-state index in [1.807, 2.05) is 0 Å². The molecule has 1 spiro atoms. The van der Waals surface area contributed by atoms with Crippen LogP contribution in [0.5, 0.6) is 0 Å². The van der Waals surface area contributed by atoms with Gasteiger partial charge in [0.1, 0.15) is 0 Å². The smallest absolute Gasteiger partial charge is 0.0321 e. The van der Waals surface area contributed by atoms with Crippen LogP contribution in [0.2, 0.25) is 0 Å². The van der Waals surface area contributed by atoms with Crippen LogP contribution in [0, 0.1) is 6.92 Å². The molecule has 1 aliphatic heterocycles. The molecular weight excluding hydrogens is 244 g/mol. The van der Waals surface area contributed by atoms with Gasteiger partial charge in [-0.15, -0.1) is 0 Å². The average Bonchev–Trinajstić information content (AvgIpc) is 2.48. The van der Waals surface area contributed by atoms with Gasteiger partial charge in [0, 0.05) is 31.2 Å². The SMILES string of the molecule is Cc1ccc(C(C)N2CCNC3(CCCCC3)C2)cc1. The molecule has 110 valence electrons. The Bertz CT molecular complexity index is 426. The molecule has 0 bridgehead atoms. The lowest BCUT2D eigenvalue weighted by Crippen LogP contribution is -2.61. The summed E-state index contributed by atoms with van der Waals surface area (Å²) < 4.78 is 0. The van der Waals surface area contributed by atoms with Gasteiger partial charge in [0.25, 0.3) is 0 Å². The van der Waals surface area contributed by atoms with Crippen molar-refractivity contribution in [2.75, 3.05) is 19.6 Å². The molecule has 1 N–H and O–H groups in total. The van der Waals surface area contributed by atoms with E-state index in [0.717, 1.165) is 6.54 Å². The molecule has 1 aliphatic carbocycles. The second kappa shape index (κ2) is 5.87. The lowest BCUT2D eigenvalue weighted by atomic mass is 9.79. The van der Waals surface area contributed by atoms with Gasteiger partial charge in [-0.2, -0.15) is 0 Å². The first kappa shape index (κ1) is 14.1. The summed E-state index contributed by atoms with van der Waals surface area (Å²) in [6, 6.07) is 9.62. The standard InChI is InChI=1S/C18H28N2/c1-15-6-8-17(9-7-15)16(2)20-13-12-19-18(14-20)10-4-3-5-11-18/h6-9,16,19H,3-5,10-14H2,1-2H3. The summed E-state index contributed by atoms with van der Waals surface area (Å²) in [5.41, 5.74) is 3.23. The van der Waals surface area contributed by atoms with Crippen LogP contribution in [0.1, 0.15) is 56.2 Å². The Morgan fingerprint density at radius 3 is 2.50 bits per heavy atom. The van der Waals surface area contributed by atoms with Gasteiger partial charge in [0.15, 0.2) is 0 Å². The van der Waals surface area contributed by atoms with E-state index < -0.39 is 0 Å². The number of nitrogens with one attached hydrogen (secondary N) is 1. The van der Waals surface area contributed by atoms with E-state index >= 15 is 0 Å². The lowest BCUT2D eigenvalue weighted by Gasteiger charge is -2.48. The van der Waals surface area contributed by atoms with Gasteiger partial charge in [0.2, 0.25) is 0 Å². The average molecular weight is 272 g/mol. The van der Waals surface area contributed by atoms with Crippen LogP contribution in [0.3, 0.4) is 0 Å². The number of benzene rings is 1. The highest BCUT2D eigenvalue weighted by Crippen LogP contribution is 2.33. The number of hydrogen-bond donors (Lipinski definition) is 1.